The number of hydrogen-bond acceptors (Lipinski definition) is 7. The Morgan fingerprint density at radius 1 is 1.26 bits per heavy atom. The van der Waals surface area contributed by atoms with E-state index in [0.29, 0.717) is 22.9 Å². The monoisotopic (exact) mass is 404 g/mol. The van der Waals surface area contributed by atoms with Gasteiger partial charge in [0.1, 0.15) is 0 Å². The third-order valence-corrected chi connectivity index (χ3v) is 5.62. The van der Waals surface area contributed by atoms with Crippen LogP contribution >= 0.6 is 23.1 Å². The third kappa shape index (κ3) is 6.18. The number of carbonyl (C=O) groups excluding carboxylic acids is 2. The summed E-state index contributed by atoms with van der Waals surface area (Å²) >= 11 is 2.79. The van der Waals surface area contributed by atoms with Crippen molar-refractivity contribution < 1.29 is 9.59 Å². The Balaban J connectivity index is 1.97. The first-order chi connectivity index (χ1) is 12.7. The molecule has 6 nitrogen and oxygen atoms in total. The number of benzene rings is 1. The summed E-state index contributed by atoms with van der Waals surface area (Å²) < 4.78 is 0.733. The Kier molecular flexibility index (Phi) is 7.15. The number of amides is 1. The number of thioether (sulfide) groups is 1. The maximum Gasteiger partial charge on any atom is 0.229 e. The van der Waals surface area contributed by atoms with E-state index >= 15 is 0 Å². The molecule has 0 bridgehead atoms. The average Bonchev–Trinajstić information content (AvgIpc) is 3.06. The van der Waals surface area contributed by atoms with Gasteiger partial charge in [-0.2, -0.15) is 0 Å². The second kappa shape index (κ2) is 9.14. The molecular formula is C19H24N4O2S2. The summed E-state index contributed by atoms with van der Waals surface area (Å²) in [5.74, 6) is -0.0628. The van der Waals surface area contributed by atoms with Crippen molar-refractivity contribution in [2.45, 2.75) is 37.3 Å². The molecule has 0 fully saturated rings. The SMILES string of the molecule is C=CCNc1nnc(SC(C)C(=O)c2ccc(NC(=O)C(C)(C)C)cc2)s1. The quantitative estimate of drug-likeness (QED) is 0.383. The predicted octanol–water partition coefficient (Wildman–Crippen LogP) is 4.48. The van der Waals surface area contributed by atoms with Crippen LogP contribution in [0.1, 0.15) is 38.1 Å². The molecule has 8 heteroatoms. The summed E-state index contributed by atoms with van der Waals surface area (Å²) in [6, 6.07) is 6.96. The summed E-state index contributed by atoms with van der Waals surface area (Å²) in [7, 11) is 0. The molecule has 0 saturated carbocycles. The number of Topliss-reactive ketones (excluding diaryl/α,β-unsaturated/α-hetero) is 1. The molecule has 2 rings (SSSR count). The van der Waals surface area contributed by atoms with E-state index in [9.17, 15) is 9.59 Å². The fraction of sp³-hybridized carbons (Fsp3) is 0.368. The molecule has 1 aromatic heterocycles. The van der Waals surface area contributed by atoms with Crippen molar-refractivity contribution in [3.63, 3.8) is 0 Å². The van der Waals surface area contributed by atoms with Crippen LogP contribution in [-0.2, 0) is 4.79 Å². The van der Waals surface area contributed by atoms with Gasteiger partial charge in [0.15, 0.2) is 10.1 Å². The van der Waals surface area contributed by atoms with Crippen molar-refractivity contribution in [3.8, 4) is 0 Å². The van der Waals surface area contributed by atoms with Crippen molar-refractivity contribution >= 4 is 45.6 Å². The number of carbonyl (C=O) groups is 2. The van der Waals surface area contributed by atoms with Crippen molar-refractivity contribution in [3.05, 3.63) is 42.5 Å². The Labute approximate surface area is 167 Å². The molecule has 0 aliphatic heterocycles. The van der Waals surface area contributed by atoms with E-state index in [1.165, 1.54) is 23.1 Å². The molecule has 0 aliphatic rings. The van der Waals surface area contributed by atoms with Crippen LogP contribution in [0.25, 0.3) is 0 Å². The lowest BCUT2D eigenvalue weighted by molar-refractivity contribution is -0.123. The van der Waals surface area contributed by atoms with Crippen molar-refractivity contribution in [1.29, 1.82) is 0 Å². The minimum absolute atomic E-state index is 0.00417. The number of ketones is 1. The standard InChI is InChI=1S/C19H24N4O2S2/c1-6-11-20-17-22-23-18(27-17)26-12(2)15(24)13-7-9-14(10-8-13)21-16(25)19(3,4)5/h6-10,12H,1,11H2,2-5H3,(H,20,22)(H,21,25). The minimum atomic E-state index is -0.471. The van der Waals surface area contributed by atoms with Crippen LogP contribution in [-0.4, -0.2) is 33.7 Å². The van der Waals surface area contributed by atoms with Gasteiger partial charge in [0, 0.05) is 23.2 Å². The first kappa shape index (κ1) is 21.1. The van der Waals surface area contributed by atoms with E-state index in [1.807, 2.05) is 27.7 Å². The molecule has 2 N–H and O–H groups in total. The van der Waals surface area contributed by atoms with Gasteiger partial charge in [-0.25, -0.2) is 0 Å². The number of nitrogens with zero attached hydrogens (tertiary/aromatic N) is 2. The zero-order valence-corrected chi connectivity index (χ0v) is 17.5. The Morgan fingerprint density at radius 2 is 1.93 bits per heavy atom. The summed E-state index contributed by atoms with van der Waals surface area (Å²) in [4.78, 5) is 24.7. The van der Waals surface area contributed by atoms with Crippen molar-refractivity contribution in [2.24, 2.45) is 5.41 Å². The van der Waals surface area contributed by atoms with Crippen LogP contribution in [0.5, 0.6) is 0 Å². The van der Waals surface area contributed by atoms with Gasteiger partial charge in [0.2, 0.25) is 11.0 Å². The van der Waals surface area contributed by atoms with Crippen LogP contribution in [0.15, 0.2) is 41.3 Å². The lowest BCUT2D eigenvalue weighted by atomic mass is 9.95. The first-order valence-electron chi connectivity index (χ1n) is 8.51. The average molecular weight is 405 g/mol. The first-order valence-corrected chi connectivity index (χ1v) is 10.2. The maximum atomic E-state index is 12.6. The highest BCUT2D eigenvalue weighted by atomic mass is 32.2. The minimum Gasteiger partial charge on any atom is -0.357 e. The van der Waals surface area contributed by atoms with Crippen LogP contribution in [0, 0.1) is 5.41 Å². The summed E-state index contributed by atoms with van der Waals surface area (Å²) in [5.41, 5.74) is 0.799. The number of rotatable bonds is 8. The summed E-state index contributed by atoms with van der Waals surface area (Å²) in [6.07, 6.45) is 1.74. The van der Waals surface area contributed by atoms with Gasteiger partial charge in [-0.05, 0) is 31.2 Å². The highest BCUT2D eigenvalue weighted by Crippen LogP contribution is 2.30. The van der Waals surface area contributed by atoms with E-state index in [1.54, 1.807) is 30.3 Å². The molecule has 27 heavy (non-hydrogen) atoms. The van der Waals surface area contributed by atoms with Crippen LogP contribution in [0.4, 0.5) is 10.8 Å². The largest absolute Gasteiger partial charge is 0.357 e. The molecule has 2 aromatic rings. The molecule has 0 saturated heterocycles. The molecule has 1 aromatic carbocycles. The second-order valence-corrected chi connectivity index (χ2v) is 9.51. The number of aromatic nitrogens is 2. The third-order valence-electron chi connectivity index (χ3n) is 3.56. The van der Waals surface area contributed by atoms with Gasteiger partial charge in [0.05, 0.1) is 5.25 Å². The van der Waals surface area contributed by atoms with E-state index in [-0.39, 0.29) is 16.9 Å². The second-order valence-electron chi connectivity index (χ2n) is 6.95. The van der Waals surface area contributed by atoms with Gasteiger partial charge < -0.3 is 10.6 Å². The molecule has 1 amide bonds. The Bertz CT molecular complexity index is 810. The fourth-order valence-electron chi connectivity index (χ4n) is 1.96. The van der Waals surface area contributed by atoms with Gasteiger partial charge in [-0.15, -0.1) is 16.8 Å². The molecule has 144 valence electrons. The zero-order valence-electron chi connectivity index (χ0n) is 15.9. The molecule has 0 spiro atoms. The van der Waals surface area contributed by atoms with Crippen LogP contribution in [0.3, 0.4) is 0 Å². The Hall–Kier alpha value is -2.19. The normalized spacial score (nSPS) is 12.3. The lowest BCUT2D eigenvalue weighted by Crippen LogP contribution is -2.27. The van der Waals surface area contributed by atoms with Crippen molar-refractivity contribution in [1.82, 2.24) is 10.2 Å². The van der Waals surface area contributed by atoms with Gasteiger partial charge in [0.25, 0.3) is 0 Å². The Morgan fingerprint density at radius 3 is 2.52 bits per heavy atom. The molecule has 0 radical (unpaired) electrons. The molecule has 1 unspecified atom stereocenters. The van der Waals surface area contributed by atoms with Gasteiger partial charge >= 0.3 is 0 Å². The molecular weight excluding hydrogens is 380 g/mol. The van der Waals surface area contributed by atoms with E-state index in [2.05, 4.69) is 27.4 Å². The summed E-state index contributed by atoms with van der Waals surface area (Å²) in [6.45, 7) is 11.7. The topological polar surface area (TPSA) is 84.0 Å². The summed E-state index contributed by atoms with van der Waals surface area (Å²) in [5, 5.41) is 14.5. The highest BCUT2D eigenvalue weighted by molar-refractivity contribution is 8.02. The zero-order chi connectivity index (χ0) is 20.0. The van der Waals surface area contributed by atoms with Crippen LogP contribution < -0.4 is 10.6 Å². The van der Waals surface area contributed by atoms with E-state index in [4.69, 9.17) is 0 Å². The van der Waals surface area contributed by atoms with E-state index < -0.39 is 5.41 Å². The number of hydrogen-bond donors (Lipinski definition) is 2. The number of nitrogens with one attached hydrogen (secondary N) is 2. The smallest absolute Gasteiger partial charge is 0.229 e. The highest BCUT2D eigenvalue weighted by Gasteiger charge is 2.22. The predicted molar refractivity (Wildman–Crippen MR) is 113 cm³/mol. The van der Waals surface area contributed by atoms with Gasteiger partial charge in [-0.1, -0.05) is 49.9 Å². The fourth-order valence-corrected chi connectivity index (χ4v) is 3.94. The van der Waals surface area contributed by atoms with E-state index in [0.717, 1.165) is 4.34 Å². The lowest BCUT2D eigenvalue weighted by Gasteiger charge is -2.17. The van der Waals surface area contributed by atoms with Gasteiger partial charge in [-0.3, -0.25) is 9.59 Å². The molecule has 1 atom stereocenters. The maximum absolute atomic E-state index is 12.6. The van der Waals surface area contributed by atoms with Crippen LogP contribution in [0.2, 0.25) is 0 Å². The van der Waals surface area contributed by atoms with Crippen molar-refractivity contribution in [2.75, 3.05) is 17.2 Å². The molecule has 1 heterocycles. The molecule has 0 aliphatic carbocycles. The number of anilines is 2.